The summed E-state index contributed by atoms with van der Waals surface area (Å²) >= 11 is 1.36. The smallest absolute Gasteiger partial charge is 0.137 e. The van der Waals surface area contributed by atoms with Crippen molar-refractivity contribution in [3.63, 3.8) is 0 Å². The van der Waals surface area contributed by atoms with E-state index in [0.29, 0.717) is 11.6 Å². The van der Waals surface area contributed by atoms with Gasteiger partial charge in [-0.1, -0.05) is 13.0 Å². The molecule has 0 unspecified atom stereocenters. The highest BCUT2D eigenvalue weighted by atomic mass is 32.2. The Hall–Kier alpha value is -2.33. The molecule has 2 heterocycles. The maximum Gasteiger partial charge on any atom is 0.137 e. The number of thioether (sulfide) groups is 1. The fourth-order valence-electron chi connectivity index (χ4n) is 2.48. The van der Waals surface area contributed by atoms with E-state index in [9.17, 15) is 13.9 Å². The molecule has 0 saturated heterocycles. The summed E-state index contributed by atoms with van der Waals surface area (Å²) < 4.78 is 29.1. The summed E-state index contributed by atoms with van der Waals surface area (Å²) in [6.45, 7) is 1.74. The Morgan fingerprint density at radius 3 is 2.84 bits per heavy atom. The van der Waals surface area contributed by atoms with Gasteiger partial charge in [-0.3, -0.25) is 5.10 Å². The van der Waals surface area contributed by atoms with E-state index in [-0.39, 0.29) is 12.1 Å². The van der Waals surface area contributed by atoms with E-state index in [2.05, 4.69) is 25.3 Å². The van der Waals surface area contributed by atoms with E-state index in [1.165, 1.54) is 41.5 Å². The second-order valence-corrected chi connectivity index (χ2v) is 6.86. The van der Waals surface area contributed by atoms with Crippen LogP contribution in [0.5, 0.6) is 0 Å². The fraction of sp³-hybridized carbons (Fsp3) is 0.333. The molecule has 2 atom stereocenters. The second kappa shape index (κ2) is 7.28. The number of aliphatic hydroxyl groups is 1. The molecule has 0 saturated carbocycles. The summed E-state index contributed by atoms with van der Waals surface area (Å²) in [5.41, 5.74) is -1.63. The van der Waals surface area contributed by atoms with Crippen molar-refractivity contribution in [2.75, 3.05) is 0 Å². The molecule has 0 aliphatic heterocycles. The van der Waals surface area contributed by atoms with Crippen LogP contribution in [0.25, 0.3) is 0 Å². The average molecular weight is 366 g/mol. The van der Waals surface area contributed by atoms with Crippen LogP contribution in [0.15, 0.2) is 37.2 Å². The first kappa shape index (κ1) is 17.5. The number of nitrogens with zero attached hydrogens (tertiary/aromatic N) is 5. The van der Waals surface area contributed by atoms with Gasteiger partial charge in [0.25, 0.3) is 0 Å². The molecule has 0 aliphatic rings. The molecular weight excluding hydrogens is 350 g/mol. The quantitative estimate of drug-likeness (QED) is 0.663. The van der Waals surface area contributed by atoms with Gasteiger partial charge in [-0.15, -0.1) is 11.8 Å². The number of hydrogen-bond donors (Lipinski definition) is 2. The molecule has 1 aromatic carbocycles. The highest BCUT2D eigenvalue weighted by Crippen LogP contribution is 2.37. The van der Waals surface area contributed by atoms with Crippen LogP contribution in [-0.2, 0) is 17.9 Å². The van der Waals surface area contributed by atoms with Crippen LogP contribution in [0, 0.1) is 11.6 Å². The van der Waals surface area contributed by atoms with E-state index in [0.717, 1.165) is 12.1 Å². The summed E-state index contributed by atoms with van der Waals surface area (Å²) in [6, 6.07) is 3.14. The van der Waals surface area contributed by atoms with E-state index in [4.69, 9.17) is 0 Å². The lowest BCUT2D eigenvalue weighted by atomic mass is 9.90. The van der Waals surface area contributed by atoms with E-state index < -0.39 is 22.5 Å². The number of benzene rings is 1. The minimum Gasteiger partial charge on any atom is -0.382 e. The molecule has 0 fully saturated rings. The van der Waals surface area contributed by atoms with Gasteiger partial charge in [-0.2, -0.15) is 10.2 Å². The first-order valence-electron chi connectivity index (χ1n) is 7.45. The molecule has 0 bridgehead atoms. The van der Waals surface area contributed by atoms with Crippen molar-refractivity contribution in [2.24, 2.45) is 0 Å². The summed E-state index contributed by atoms with van der Waals surface area (Å²) in [6.07, 6.45) is 4.15. The van der Waals surface area contributed by atoms with Crippen molar-refractivity contribution in [1.82, 2.24) is 29.9 Å². The Balaban J connectivity index is 1.90. The molecule has 3 aromatic rings. The summed E-state index contributed by atoms with van der Waals surface area (Å²) in [4.78, 5) is 7.87. The lowest BCUT2D eigenvalue weighted by molar-refractivity contribution is 0.0133. The third kappa shape index (κ3) is 3.85. The summed E-state index contributed by atoms with van der Waals surface area (Å²) in [7, 11) is 0. The lowest BCUT2D eigenvalue weighted by Crippen LogP contribution is -2.41. The SMILES string of the molecule is C[C@@H](SCc1ncn[nH]1)[C@](O)(Cn1cncn1)c1ccc(F)cc1F. The Bertz CT molecular complexity index is 814. The van der Waals surface area contributed by atoms with Crippen molar-refractivity contribution in [1.29, 1.82) is 0 Å². The molecule has 0 spiro atoms. The Morgan fingerprint density at radius 2 is 2.20 bits per heavy atom. The Labute approximate surface area is 146 Å². The normalized spacial score (nSPS) is 15.0. The van der Waals surface area contributed by atoms with E-state index >= 15 is 0 Å². The van der Waals surface area contributed by atoms with Gasteiger partial charge in [0.05, 0.1) is 12.3 Å². The van der Waals surface area contributed by atoms with Crippen molar-refractivity contribution in [3.8, 4) is 0 Å². The first-order valence-corrected chi connectivity index (χ1v) is 8.50. The molecule has 132 valence electrons. The summed E-state index contributed by atoms with van der Waals surface area (Å²) in [5.74, 6) is -0.426. The zero-order valence-electron chi connectivity index (χ0n) is 13.3. The minimum atomic E-state index is -1.63. The van der Waals surface area contributed by atoms with Gasteiger partial charge in [0, 0.05) is 16.9 Å². The highest BCUT2D eigenvalue weighted by molar-refractivity contribution is 7.99. The number of aromatic amines is 1. The van der Waals surface area contributed by atoms with Crippen molar-refractivity contribution >= 4 is 11.8 Å². The molecule has 3 rings (SSSR count). The Kier molecular flexibility index (Phi) is 5.09. The molecule has 0 aliphatic carbocycles. The van der Waals surface area contributed by atoms with Crippen LogP contribution >= 0.6 is 11.8 Å². The molecule has 2 N–H and O–H groups in total. The van der Waals surface area contributed by atoms with Crippen molar-refractivity contribution < 1.29 is 13.9 Å². The maximum atomic E-state index is 14.4. The average Bonchev–Trinajstić information content (AvgIpc) is 3.25. The molecular formula is C15H16F2N6OS. The van der Waals surface area contributed by atoms with Crippen LogP contribution in [0.1, 0.15) is 18.3 Å². The Morgan fingerprint density at radius 1 is 1.36 bits per heavy atom. The van der Waals surface area contributed by atoms with Gasteiger partial charge in [-0.05, 0) is 6.07 Å². The van der Waals surface area contributed by atoms with E-state index in [1.54, 1.807) is 6.92 Å². The summed E-state index contributed by atoms with van der Waals surface area (Å²) in [5, 5.41) is 21.3. The van der Waals surface area contributed by atoms with Crippen LogP contribution in [0.2, 0.25) is 0 Å². The molecule has 2 aromatic heterocycles. The monoisotopic (exact) mass is 366 g/mol. The predicted octanol–water partition coefficient (Wildman–Crippen LogP) is 1.88. The fourth-order valence-corrected chi connectivity index (χ4v) is 3.50. The maximum absolute atomic E-state index is 14.4. The number of hydrogen-bond acceptors (Lipinski definition) is 6. The molecule has 0 radical (unpaired) electrons. The highest BCUT2D eigenvalue weighted by Gasteiger charge is 2.39. The molecule has 10 heteroatoms. The molecule has 7 nitrogen and oxygen atoms in total. The van der Waals surface area contributed by atoms with Crippen molar-refractivity contribution in [2.45, 2.75) is 30.1 Å². The van der Waals surface area contributed by atoms with Crippen molar-refractivity contribution in [3.05, 3.63) is 60.2 Å². The number of rotatable bonds is 7. The molecule has 0 amide bonds. The van der Waals surface area contributed by atoms with Gasteiger partial charge in [-0.25, -0.2) is 23.4 Å². The van der Waals surface area contributed by atoms with Crippen LogP contribution < -0.4 is 0 Å². The zero-order chi connectivity index (χ0) is 17.9. The number of aromatic nitrogens is 6. The van der Waals surface area contributed by atoms with Gasteiger partial charge in [0.15, 0.2) is 0 Å². The van der Waals surface area contributed by atoms with E-state index in [1.807, 2.05) is 0 Å². The van der Waals surface area contributed by atoms with Crippen LogP contribution in [0.3, 0.4) is 0 Å². The van der Waals surface area contributed by atoms with Gasteiger partial charge < -0.3 is 5.11 Å². The van der Waals surface area contributed by atoms with Crippen LogP contribution in [0.4, 0.5) is 8.78 Å². The van der Waals surface area contributed by atoms with Crippen LogP contribution in [-0.4, -0.2) is 40.3 Å². The standard InChI is InChI=1S/C15H16F2N6OS/c1-10(25-5-14-19-8-20-22-14)15(24,6-23-9-18-7-21-23)12-3-2-11(16)4-13(12)17/h2-4,7-10,24H,5-6H2,1H3,(H,19,20,22)/t10-,15-/m1/s1. The van der Waals surface area contributed by atoms with Gasteiger partial charge >= 0.3 is 0 Å². The zero-order valence-corrected chi connectivity index (χ0v) is 14.1. The largest absolute Gasteiger partial charge is 0.382 e. The number of halogens is 2. The van der Waals surface area contributed by atoms with Gasteiger partial charge in [0.2, 0.25) is 0 Å². The lowest BCUT2D eigenvalue weighted by Gasteiger charge is -2.34. The van der Waals surface area contributed by atoms with Gasteiger partial charge in [0.1, 0.15) is 42.0 Å². The minimum absolute atomic E-state index is 0.00182. The molecule has 25 heavy (non-hydrogen) atoms. The third-order valence-corrected chi connectivity index (χ3v) is 5.20. The second-order valence-electron chi connectivity index (χ2n) is 5.53. The predicted molar refractivity (Wildman–Crippen MR) is 87.4 cm³/mol. The topological polar surface area (TPSA) is 92.5 Å². The number of nitrogens with one attached hydrogen (secondary N) is 1. The number of H-pyrrole nitrogens is 1. The first-order chi connectivity index (χ1) is 12.0. The third-order valence-electron chi connectivity index (χ3n) is 3.87.